The summed E-state index contributed by atoms with van der Waals surface area (Å²) in [5, 5.41) is 8.08. The van der Waals surface area contributed by atoms with Crippen LogP contribution in [0.15, 0.2) is 28.9 Å². The molecular weight excluding hydrogens is 330 g/mol. The van der Waals surface area contributed by atoms with E-state index in [4.69, 9.17) is 16.3 Å². The molecule has 1 aromatic carbocycles. The number of benzene rings is 1. The van der Waals surface area contributed by atoms with Gasteiger partial charge < -0.3 is 10.1 Å². The number of aryl methyl sites for hydroxylation is 1. The summed E-state index contributed by atoms with van der Waals surface area (Å²) in [4.78, 5) is 0. The molecular formula is C13H15BrClN3O. The Bertz CT molecular complexity index is 566. The zero-order valence-corrected chi connectivity index (χ0v) is 13.3. The summed E-state index contributed by atoms with van der Waals surface area (Å²) in [6.07, 6.45) is 1.65. The first-order valence-electron chi connectivity index (χ1n) is 5.76. The maximum atomic E-state index is 6.21. The molecule has 0 bridgehead atoms. The molecule has 0 aliphatic carbocycles. The molecule has 6 heteroatoms. The number of halogens is 2. The lowest BCUT2D eigenvalue weighted by molar-refractivity contribution is 0.411. The van der Waals surface area contributed by atoms with Gasteiger partial charge in [-0.05, 0) is 40.7 Å². The number of aromatic nitrogens is 2. The monoisotopic (exact) mass is 343 g/mol. The van der Waals surface area contributed by atoms with Crippen molar-refractivity contribution in [3.05, 3.63) is 45.1 Å². The fourth-order valence-electron chi connectivity index (χ4n) is 2.07. The second kappa shape index (κ2) is 5.94. The number of methoxy groups -OCH3 is 1. The summed E-state index contributed by atoms with van der Waals surface area (Å²) in [6, 6.07) is 5.92. The Morgan fingerprint density at radius 1 is 1.47 bits per heavy atom. The highest BCUT2D eigenvalue weighted by Gasteiger charge is 2.20. The Hall–Kier alpha value is -1.04. The number of hydrogen-bond donors (Lipinski definition) is 1. The van der Waals surface area contributed by atoms with Crippen molar-refractivity contribution in [2.45, 2.75) is 6.04 Å². The number of nitrogens with one attached hydrogen (secondary N) is 1. The molecule has 0 saturated heterocycles. The summed E-state index contributed by atoms with van der Waals surface area (Å²) in [5.74, 6) is 0.801. The van der Waals surface area contributed by atoms with E-state index in [1.54, 1.807) is 18.0 Å². The Morgan fingerprint density at radius 2 is 2.21 bits per heavy atom. The molecule has 19 heavy (non-hydrogen) atoms. The molecule has 0 saturated carbocycles. The zero-order valence-electron chi connectivity index (χ0n) is 10.9. The lowest BCUT2D eigenvalue weighted by atomic mass is 10.0. The average Bonchev–Trinajstić information content (AvgIpc) is 2.72. The van der Waals surface area contributed by atoms with E-state index < -0.39 is 0 Å². The first kappa shape index (κ1) is 14.4. The average molecular weight is 345 g/mol. The quantitative estimate of drug-likeness (QED) is 0.926. The molecule has 2 aromatic rings. The van der Waals surface area contributed by atoms with E-state index in [2.05, 4.69) is 26.3 Å². The van der Waals surface area contributed by atoms with Crippen LogP contribution in [-0.4, -0.2) is 23.9 Å². The highest BCUT2D eigenvalue weighted by molar-refractivity contribution is 9.10. The fraction of sp³-hybridized carbons (Fsp3) is 0.308. The minimum Gasteiger partial charge on any atom is -0.496 e. The molecule has 4 nitrogen and oxygen atoms in total. The number of ether oxygens (including phenoxy) is 1. The van der Waals surface area contributed by atoms with Crippen LogP contribution in [0.4, 0.5) is 0 Å². The van der Waals surface area contributed by atoms with E-state index in [0.717, 1.165) is 21.5 Å². The summed E-state index contributed by atoms with van der Waals surface area (Å²) in [5.41, 5.74) is 2.02. The van der Waals surface area contributed by atoms with Gasteiger partial charge >= 0.3 is 0 Å². The second-order valence-corrected chi connectivity index (χ2v) is 5.38. The van der Waals surface area contributed by atoms with E-state index >= 15 is 0 Å². The normalized spacial score (nSPS) is 12.5. The van der Waals surface area contributed by atoms with Crippen molar-refractivity contribution in [3.8, 4) is 5.75 Å². The summed E-state index contributed by atoms with van der Waals surface area (Å²) < 4.78 is 7.93. The third-order valence-electron chi connectivity index (χ3n) is 3.01. The summed E-state index contributed by atoms with van der Waals surface area (Å²) in [6.45, 7) is 0. The minimum absolute atomic E-state index is 0.0257. The largest absolute Gasteiger partial charge is 0.496 e. The van der Waals surface area contributed by atoms with Gasteiger partial charge in [0.05, 0.1) is 34.5 Å². The van der Waals surface area contributed by atoms with Crippen LogP contribution in [0.3, 0.4) is 0 Å². The van der Waals surface area contributed by atoms with Crippen molar-refractivity contribution < 1.29 is 4.74 Å². The Kier molecular flexibility index (Phi) is 4.50. The number of rotatable bonds is 4. The van der Waals surface area contributed by atoms with E-state index in [1.807, 2.05) is 32.3 Å². The van der Waals surface area contributed by atoms with Crippen molar-refractivity contribution in [2.75, 3.05) is 14.2 Å². The van der Waals surface area contributed by atoms with Crippen LogP contribution in [0.5, 0.6) is 5.75 Å². The molecule has 0 aliphatic rings. The van der Waals surface area contributed by atoms with Crippen LogP contribution in [0.25, 0.3) is 0 Å². The first-order valence-corrected chi connectivity index (χ1v) is 6.93. The molecule has 0 fully saturated rings. The first-order chi connectivity index (χ1) is 9.08. The smallest absolute Gasteiger partial charge is 0.133 e. The molecule has 1 N–H and O–H groups in total. The van der Waals surface area contributed by atoms with E-state index in [0.29, 0.717) is 5.02 Å². The van der Waals surface area contributed by atoms with Gasteiger partial charge in [0.2, 0.25) is 0 Å². The predicted octanol–water partition coefficient (Wildman–Crippen LogP) is 3.15. The van der Waals surface area contributed by atoms with Gasteiger partial charge in [0, 0.05) is 7.05 Å². The summed E-state index contributed by atoms with van der Waals surface area (Å²) in [7, 11) is 5.42. The van der Waals surface area contributed by atoms with E-state index in [1.165, 1.54) is 0 Å². The molecule has 0 spiro atoms. The van der Waals surface area contributed by atoms with Gasteiger partial charge in [-0.1, -0.05) is 17.7 Å². The molecule has 2 rings (SSSR count). The van der Waals surface area contributed by atoms with Gasteiger partial charge in [0.15, 0.2) is 0 Å². The highest BCUT2D eigenvalue weighted by Crippen LogP contribution is 2.32. The Balaban J connectivity index is 2.46. The molecule has 1 heterocycles. The summed E-state index contributed by atoms with van der Waals surface area (Å²) >= 11 is 9.70. The predicted molar refractivity (Wildman–Crippen MR) is 79.8 cm³/mol. The van der Waals surface area contributed by atoms with Crippen LogP contribution < -0.4 is 10.1 Å². The lowest BCUT2D eigenvalue weighted by Crippen LogP contribution is -2.21. The molecule has 0 amide bonds. The van der Waals surface area contributed by atoms with Crippen LogP contribution in [0, 0.1) is 0 Å². The standard InChI is InChI=1S/C13H15BrClN3O/c1-16-12(13-10(15)7-17-18(13)2)8-4-5-11(19-3)9(14)6-8/h4-7,12,16H,1-3H3. The fourth-order valence-corrected chi connectivity index (χ4v) is 2.90. The third kappa shape index (κ3) is 2.78. The van der Waals surface area contributed by atoms with Gasteiger partial charge in [0.1, 0.15) is 5.75 Å². The second-order valence-electron chi connectivity index (χ2n) is 4.12. The van der Waals surface area contributed by atoms with Gasteiger partial charge in [-0.3, -0.25) is 4.68 Å². The van der Waals surface area contributed by atoms with Crippen molar-refractivity contribution in [3.63, 3.8) is 0 Å². The molecule has 0 aliphatic heterocycles. The minimum atomic E-state index is -0.0257. The highest BCUT2D eigenvalue weighted by atomic mass is 79.9. The number of hydrogen-bond acceptors (Lipinski definition) is 3. The number of nitrogens with zero attached hydrogens (tertiary/aromatic N) is 2. The SMILES string of the molecule is CNC(c1ccc(OC)c(Br)c1)c1c(Cl)cnn1C. The van der Waals surface area contributed by atoms with Gasteiger partial charge in [-0.15, -0.1) is 0 Å². The van der Waals surface area contributed by atoms with Crippen molar-refractivity contribution in [2.24, 2.45) is 7.05 Å². The van der Waals surface area contributed by atoms with Crippen LogP contribution in [0.2, 0.25) is 5.02 Å². The van der Waals surface area contributed by atoms with Crippen molar-refractivity contribution >= 4 is 27.5 Å². The maximum Gasteiger partial charge on any atom is 0.133 e. The Labute approximate surface area is 125 Å². The van der Waals surface area contributed by atoms with Crippen LogP contribution >= 0.6 is 27.5 Å². The zero-order chi connectivity index (χ0) is 14.0. The molecule has 1 atom stereocenters. The van der Waals surface area contributed by atoms with Gasteiger partial charge in [-0.2, -0.15) is 5.10 Å². The molecule has 1 unspecified atom stereocenters. The molecule has 1 aromatic heterocycles. The molecule has 102 valence electrons. The van der Waals surface area contributed by atoms with Crippen LogP contribution in [-0.2, 0) is 7.05 Å². The van der Waals surface area contributed by atoms with E-state index in [9.17, 15) is 0 Å². The molecule has 0 radical (unpaired) electrons. The van der Waals surface area contributed by atoms with Crippen molar-refractivity contribution in [1.82, 2.24) is 15.1 Å². The Morgan fingerprint density at radius 3 is 2.68 bits per heavy atom. The van der Waals surface area contributed by atoms with Crippen molar-refractivity contribution in [1.29, 1.82) is 0 Å². The van der Waals surface area contributed by atoms with Gasteiger partial charge in [0.25, 0.3) is 0 Å². The maximum absolute atomic E-state index is 6.21. The van der Waals surface area contributed by atoms with Gasteiger partial charge in [-0.25, -0.2) is 0 Å². The lowest BCUT2D eigenvalue weighted by Gasteiger charge is -2.18. The van der Waals surface area contributed by atoms with E-state index in [-0.39, 0.29) is 6.04 Å². The third-order valence-corrected chi connectivity index (χ3v) is 3.92. The van der Waals surface area contributed by atoms with Crippen LogP contribution in [0.1, 0.15) is 17.3 Å². The topological polar surface area (TPSA) is 39.1 Å².